The van der Waals surface area contributed by atoms with Crippen LogP contribution in [0.15, 0.2) is 75.6 Å². The number of nitrogens with one attached hydrogen (secondary N) is 1. The number of carbonyl (C=O) groups is 1. The van der Waals surface area contributed by atoms with E-state index in [2.05, 4.69) is 5.32 Å². The Morgan fingerprint density at radius 2 is 1.88 bits per heavy atom. The van der Waals surface area contributed by atoms with Crippen molar-refractivity contribution in [2.24, 2.45) is 0 Å². The third-order valence-corrected chi connectivity index (χ3v) is 6.69. The molecule has 0 unspecified atom stereocenters. The molecule has 3 rings (SSSR count). The average molecular weight is 389 g/mol. The van der Waals surface area contributed by atoms with Gasteiger partial charge in [0.2, 0.25) is 5.91 Å². The van der Waals surface area contributed by atoms with Crippen LogP contribution in [0.4, 0.5) is 0 Å². The molecule has 0 saturated heterocycles. The highest BCUT2D eigenvalue weighted by Gasteiger charge is 2.20. The van der Waals surface area contributed by atoms with Gasteiger partial charge in [-0.05, 0) is 35.7 Å². The van der Waals surface area contributed by atoms with Crippen LogP contribution in [0.3, 0.4) is 0 Å². The standard InChI is InChI=1S/C19H19NO4S2/c21-19(10-13-26(22,23)15-6-2-1-3-7-15)20-14-16(17-8-4-11-24-17)18-9-5-12-25-18/h1-9,11-12,16H,10,13-14H2,(H,20,21)/t16-/m0/s1. The molecule has 7 heteroatoms. The summed E-state index contributed by atoms with van der Waals surface area (Å²) >= 11 is 1.59. The number of sulfone groups is 1. The average Bonchev–Trinajstić information content (AvgIpc) is 3.36. The van der Waals surface area contributed by atoms with E-state index < -0.39 is 9.84 Å². The molecule has 2 aromatic heterocycles. The molecule has 1 N–H and O–H groups in total. The lowest BCUT2D eigenvalue weighted by Gasteiger charge is -2.14. The summed E-state index contributed by atoms with van der Waals surface area (Å²) in [4.78, 5) is 13.5. The topological polar surface area (TPSA) is 76.4 Å². The molecule has 136 valence electrons. The molecule has 1 amide bonds. The Balaban J connectivity index is 1.58. The first kappa shape index (κ1) is 18.4. The molecule has 0 aliphatic carbocycles. The number of furan rings is 1. The minimum atomic E-state index is -3.46. The molecule has 0 aliphatic heterocycles. The number of benzene rings is 1. The predicted octanol–water partition coefficient (Wildman–Crippen LogP) is 3.45. The Labute approximate surface area is 156 Å². The highest BCUT2D eigenvalue weighted by atomic mass is 32.2. The summed E-state index contributed by atoms with van der Waals surface area (Å²) in [6, 6.07) is 15.8. The summed E-state index contributed by atoms with van der Waals surface area (Å²) < 4.78 is 30.0. The molecule has 0 aliphatic rings. The summed E-state index contributed by atoms with van der Waals surface area (Å²) in [7, 11) is -3.46. The molecular weight excluding hydrogens is 370 g/mol. The van der Waals surface area contributed by atoms with Gasteiger partial charge in [-0.3, -0.25) is 4.79 Å². The molecule has 1 aromatic carbocycles. The van der Waals surface area contributed by atoms with Gasteiger partial charge < -0.3 is 9.73 Å². The first-order valence-electron chi connectivity index (χ1n) is 8.17. The molecule has 0 spiro atoms. The zero-order valence-electron chi connectivity index (χ0n) is 14.0. The quantitative estimate of drug-likeness (QED) is 0.640. The van der Waals surface area contributed by atoms with Crippen LogP contribution in [0.25, 0.3) is 0 Å². The molecule has 3 aromatic rings. The van der Waals surface area contributed by atoms with Crippen molar-refractivity contribution < 1.29 is 17.6 Å². The summed E-state index contributed by atoms with van der Waals surface area (Å²) in [5.74, 6) is 0.176. The highest BCUT2D eigenvalue weighted by Crippen LogP contribution is 2.28. The van der Waals surface area contributed by atoms with Crippen LogP contribution < -0.4 is 5.32 Å². The Morgan fingerprint density at radius 1 is 1.08 bits per heavy atom. The molecule has 0 fully saturated rings. The van der Waals surface area contributed by atoms with Crippen molar-refractivity contribution in [3.05, 3.63) is 76.9 Å². The number of rotatable bonds is 8. The Kier molecular flexibility index (Phi) is 5.90. The van der Waals surface area contributed by atoms with Crippen molar-refractivity contribution in [2.75, 3.05) is 12.3 Å². The lowest BCUT2D eigenvalue weighted by molar-refractivity contribution is -0.120. The Morgan fingerprint density at radius 3 is 2.54 bits per heavy atom. The SMILES string of the molecule is O=C(CCS(=O)(=O)c1ccccc1)NC[C@@H](c1ccco1)c1cccs1. The predicted molar refractivity (Wildman–Crippen MR) is 101 cm³/mol. The van der Waals surface area contributed by atoms with Gasteiger partial charge in [-0.25, -0.2) is 8.42 Å². The fourth-order valence-corrected chi connectivity index (χ4v) is 4.69. The molecule has 2 heterocycles. The summed E-state index contributed by atoms with van der Waals surface area (Å²) in [5.41, 5.74) is 0. The van der Waals surface area contributed by atoms with E-state index in [1.807, 2.05) is 29.6 Å². The number of thiophene rings is 1. The zero-order valence-corrected chi connectivity index (χ0v) is 15.6. The molecule has 1 atom stereocenters. The van der Waals surface area contributed by atoms with E-state index in [0.29, 0.717) is 6.54 Å². The van der Waals surface area contributed by atoms with Gasteiger partial charge in [0, 0.05) is 17.8 Å². The smallest absolute Gasteiger partial charge is 0.221 e. The zero-order chi connectivity index (χ0) is 18.4. The highest BCUT2D eigenvalue weighted by molar-refractivity contribution is 7.91. The summed E-state index contributed by atoms with van der Waals surface area (Å²) in [5, 5.41) is 4.80. The maximum absolute atomic E-state index is 12.3. The van der Waals surface area contributed by atoms with Crippen LogP contribution in [-0.4, -0.2) is 26.6 Å². The van der Waals surface area contributed by atoms with E-state index in [9.17, 15) is 13.2 Å². The normalized spacial score (nSPS) is 12.6. The number of hydrogen-bond donors (Lipinski definition) is 1. The van der Waals surface area contributed by atoms with E-state index in [4.69, 9.17) is 4.42 Å². The van der Waals surface area contributed by atoms with Crippen molar-refractivity contribution in [1.82, 2.24) is 5.32 Å². The van der Waals surface area contributed by atoms with Gasteiger partial charge in [0.25, 0.3) is 0 Å². The van der Waals surface area contributed by atoms with Crippen molar-refractivity contribution in [2.45, 2.75) is 17.2 Å². The lowest BCUT2D eigenvalue weighted by atomic mass is 10.0. The van der Waals surface area contributed by atoms with Gasteiger partial charge >= 0.3 is 0 Å². The van der Waals surface area contributed by atoms with Crippen LogP contribution in [0.2, 0.25) is 0 Å². The molecule has 0 radical (unpaired) electrons. The van der Waals surface area contributed by atoms with E-state index in [1.165, 1.54) is 12.1 Å². The van der Waals surface area contributed by atoms with Gasteiger partial charge in [0.05, 0.1) is 22.8 Å². The molecule has 5 nitrogen and oxygen atoms in total. The second-order valence-corrected chi connectivity index (χ2v) is 8.86. The maximum atomic E-state index is 12.3. The van der Waals surface area contributed by atoms with E-state index in [1.54, 1.807) is 35.8 Å². The molecule has 0 bridgehead atoms. The second kappa shape index (κ2) is 8.33. The van der Waals surface area contributed by atoms with E-state index >= 15 is 0 Å². The third-order valence-electron chi connectivity index (χ3n) is 3.98. The molecule has 26 heavy (non-hydrogen) atoms. The maximum Gasteiger partial charge on any atom is 0.221 e. The first-order chi connectivity index (χ1) is 12.6. The van der Waals surface area contributed by atoms with Gasteiger partial charge in [0.15, 0.2) is 9.84 Å². The summed E-state index contributed by atoms with van der Waals surface area (Å²) in [6.45, 7) is 0.359. The molecular formula is C19H19NO4S2. The van der Waals surface area contributed by atoms with Crippen LogP contribution >= 0.6 is 11.3 Å². The minimum Gasteiger partial charge on any atom is -0.469 e. The van der Waals surface area contributed by atoms with Crippen molar-refractivity contribution in [3.8, 4) is 0 Å². The van der Waals surface area contributed by atoms with E-state index in [0.717, 1.165) is 10.6 Å². The fraction of sp³-hybridized carbons (Fsp3) is 0.211. The van der Waals surface area contributed by atoms with Crippen molar-refractivity contribution in [1.29, 1.82) is 0 Å². The van der Waals surface area contributed by atoms with E-state index in [-0.39, 0.29) is 28.9 Å². The second-order valence-electron chi connectivity index (χ2n) is 5.77. The lowest BCUT2D eigenvalue weighted by Crippen LogP contribution is -2.30. The largest absolute Gasteiger partial charge is 0.469 e. The van der Waals surface area contributed by atoms with Crippen LogP contribution in [0.5, 0.6) is 0 Å². The van der Waals surface area contributed by atoms with Crippen LogP contribution in [0, 0.1) is 0 Å². The first-order valence-corrected chi connectivity index (χ1v) is 10.7. The van der Waals surface area contributed by atoms with Crippen molar-refractivity contribution in [3.63, 3.8) is 0 Å². The van der Waals surface area contributed by atoms with Gasteiger partial charge in [-0.15, -0.1) is 11.3 Å². The van der Waals surface area contributed by atoms with Gasteiger partial charge in [-0.1, -0.05) is 24.3 Å². The fourth-order valence-electron chi connectivity index (χ4n) is 2.60. The Bertz CT molecular complexity index is 883. The minimum absolute atomic E-state index is 0.0768. The number of carbonyl (C=O) groups excluding carboxylic acids is 1. The number of amides is 1. The summed E-state index contributed by atoms with van der Waals surface area (Å²) in [6.07, 6.45) is 1.52. The molecule has 0 saturated carbocycles. The van der Waals surface area contributed by atoms with Crippen LogP contribution in [-0.2, 0) is 14.6 Å². The van der Waals surface area contributed by atoms with Gasteiger partial charge in [-0.2, -0.15) is 0 Å². The van der Waals surface area contributed by atoms with Crippen molar-refractivity contribution >= 4 is 27.1 Å². The Hall–Kier alpha value is -2.38. The third kappa shape index (κ3) is 4.62. The monoisotopic (exact) mass is 389 g/mol. The number of hydrogen-bond acceptors (Lipinski definition) is 5. The van der Waals surface area contributed by atoms with Gasteiger partial charge in [0.1, 0.15) is 5.76 Å². The van der Waals surface area contributed by atoms with Crippen LogP contribution in [0.1, 0.15) is 23.0 Å².